The van der Waals surface area contributed by atoms with Crippen molar-refractivity contribution in [3.05, 3.63) is 47.5 Å². The van der Waals surface area contributed by atoms with Crippen LogP contribution in [0.3, 0.4) is 0 Å². The first-order valence-corrected chi connectivity index (χ1v) is 5.66. The van der Waals surface area contributed by atoms with E-state index in [0.29, 0.717) is 11.4 Å². The van der Waals surface area contributed by atoms with Gasteiger partial charge in [0, 0.05) is 0 Å². The number of rotatable bonds is 0. The molecule has 2 aromatic rings. The van der Waals surface area contributed by atoms with Gasteiger partial charge in [0.2, 0.25) is 0 Å². The van der Waals surface area contributed by atoms with Gasteiger partial charge in [0.05, 0.1) is 5.56 Å². The molecule has 0 saturated carbocycles. The summed E-state index contributed by atoms with van der Waals surface area (Å²) in [5.74, 6) is 0.601. The molecule has 0 aromatic heterocycles. The molecule has 0 amide bonds. The van der Waals surface area contributed by atoms with Gasteiger partial charge in [0.1, 0.15) is 11.4 Å². The van der Waals surface area contributed by atoms with E-state index in [-0.39, 0.29) is 17.0 Å². The molecule has 0 unspecified atom stereocenters. The molecule has 0 spiro atoms. The third-order valence-corrected chi connectivity index (χ3v) is 2.95. The van der Waals surface area contributed by atoms with E-state index >= 15 is 0 Å². The molecule has 3 rings (SSSR count). The van der Waals surface area contributed by atoms with Crippen molar-refractivity contribution in [1.82, 2.24) is 5.32 Å². The van der Waals surface area contributed by atoms with Crippen LogP contribution in [0.5, 0.6) is 11.5 Å². The largest absolute Gasteiger partial charge is 0.453 e. The molecule has 1 aliphatic heterocycles. The smallest absolute Gasteiger partial charge is 0.418 e. The highest BCUT2D eigenvalue weighted by Gasteiger charge is 2.38. The Labute approximate surface area is 107 Å². The first kappa shape index (κ1) is 11.9. The van der Waals surface area contributed by atoms with Crippen LogP contribution in [0, 0.1) is 6.92 Å². The average Bonchev–Trinajstić information content (AvgIpc) is 2.34. The lowest BCUT2D eigenvalue weighted by Gasteiger charge is -2.23. The van der Waals surface area contributed by atoms with Gasteiger partial charge in [-0.2, -0.15) is 13.2 Å². The van der Waals surface area contributed by atoms with Crippen molar-refractivity contribution in [3.63, 3.8) is 0 Å². The zero-order chi connectivity index (χ0) is 13.6. The van der Waals surface area contributed by atoms with Gasteiger partial charge in [0.25, 0.3) is 0 Å². The topological polar surface area (TPSA) is 23.3 Å². The maximum Gasteiger partial charge on any atom is 0.418 e. The average molecular weight is 264 g/mol. The van der Waals surface area contributed by atoms with Crippen molar-refractivity contribution in [2.24, 2.45) is 0 Å². The Balaban J connectivity index is 2.19. The minimum atomic E-state index is -4.45. The number of nitrogens with zero attached hydrogens (tertiary/aromatic N) is 1. The predicted molar refractivity (Wildman–Crippen MR) is 64.2 cm³/mol. The second-order valence-electron chi connectivity index (χ2n) is 4.28. The summed E-state index contributed by atoms with van der Waals surface area (Å²) < 4.78 is 44.8. The zero-order valence-electron chi connectivity index (χ0n) is 9.95. The number of hydrogen-bond acceptors (Lipinski definition) is 1. The number of fused-ring (bicyclic) bond motifs is 2. The van der Waals surface area contributed by atoms with Gasteiger partial charge >= 0.3 is 6.18 Å². The summed E-state index contributed by atoms with van der Waals surface area (Å²) in [4.78, 5) is 0. The summed E-state index contributed by atoms with van der Waals surface area (Å²) in [7, 11) is 0. The maximum atomic E-state index is 13.1. The fourth-order valence-corrected chi connectivity index (χ4v) is 2.10. The summed E-state index contributed by atoms with van der Waals surface area (Å²) in [6.45, 7) is 1.42. The quantitative estimate of drug-likeness (QED) is 0.577. The van der Waals surface area contributed by atoms with Gasteiger partial charge < -0.3 is 4.74 Å². The van der Waals surface area contributed by atoms with E-state index in [2.05, 4.69) is 5.32 Å². The van der Waals surface area contributed by atoms with Crippen LogP contribution < -0.4 is 10.1 Å². The molecule has 0 atom stereocenters. The fraction of sp³-hybridized carbons (Fsp3) is 0.143. The summed E-state index contributed by atoms with van der Waals surface area (Å²) in [5, 5.41) is 4.09. The standard InChI is InChI=1S/C14H9F3NO/c1-8-6-7-11-13(12(8)14(15,16)17)18-9-4-2-3-5-10(9)19-11/h2-7H,1H3. The molecule has 1 radical (unpaired) electrons. The molecular weight excluding hydrogens is 255 g/mol. The highest BCUT2D eigenvalue weighted by Crippen LogP contribution is 2.48. The number of hydrogen-bond donors (Lipinski definition) is 0. The van der Waals surface area contributed by atoms with Crippen LogP contribution in [0.25, 0.3) is 0 Å². The number of ether oxygens (including phenoxy) is 1. The highest BCUT2D eigenvalue weighted by atomic mass is 19.4. The van der Waals surface area contributed by atoms with Crippen LogP contribution >= 0.6 is 0 Å². The van der Waals surface area contributed by atoms with Crippen LogP contribution in [0.4, 0.5) is 24.5 Å². The van der Waals surface area contributed by atoms with Crippen molar-refractivity contribution >= 4 is 11.4 Å². The van der Waals surface area contributed by atoms with Crippen molar-refractivity contribution in [1.29, 1.82) is 0 Å². The second kappa shape index (κ2) is 3.91. The van der Waals surface area contributed by atoms with Crippen molar-refractivity contribution in [2.45, 2.75) is 13.1 Å². The molecule has 0 aliphatic carbocycles. The van der Waals surface area contributed by atoms with Crippen LogP contribution in [0.2, 0.25) is 0 Å². The number of para-hydroxylation sites is 2. The number of benzene rings is 2. The summed E-state index contributed by atoms with van der Waals surface area (Å²) >= 11 is 0. The van der Waals surface area contributed by atoms with Crippen LogP contribution in [0.15, 0.2) is 36.4 Å². The fourth-order valence-electron chi connectivity index (χ4n) is 2.10. The zero-order valence-corrected chi connectivity index (χ0v) is 9.95. The van der Waals surface area contributed by atoms with E-state index < -0.39 is 11.7 Å². The van der Waals surface area contributed by atoms with Gasteiger partial charge in [-0.05, 0) is 30.7 Å². The molecule has 19 heavy (non-hydrogen) atoms. The third-order valence-electron chi connectivity index (χ3n) is 2.95. The minimum absolute atomic E-state index is 0.136. The molecule has 97 valence electrons. The lowest BCUT2D eigenvalue weighted by molar-refractivity contribution is -0.137. The lowest BCUT2D eigenvalue weighted by atomic mass is 10.0. The van der Waals surface area contributed by atoms with E-state index in [0.717, 1.165) is 0 Å². The van der Waals surface area contributed by atoms with E-state index in [1.54, 1.807) is 24.3 Å². The Bertz CT molecular complexity index is 650. The van der Waals surface area contributed by atoms with Gasteiger partial charge in [0.15, 0.2) is 11.5 Å². The summed E-state index contributed by atoms with van der Waals surface area (Å²) in [5.41, 5.74) is -0.338. The number of halogens is 3. The van der Waals surface area contributed by atoms with Gasteiger partial charge in [-0.3, -0.25) is 0 Å². The highest BCUT2D eigenvalue weighted by molar-refractivity contribution is 5.71. The molecule has 1 heterocycles. The van der Waals surface area contributed by atoms with Crippen LogP contribution in [-0.4, -0.2) is 0 Å². The Morgan fingerprint density at radius 3 is 2.47 bits per heavy atom. The molecule has 0 bridgehead atoms. The third kappa shape index (κ3) is 1.91. The summed E-state index contributed by atoms with van der Waals surface area (Å²) in [6.07, 6.45) is -4.45. The Morgan fingerprint density at radius 2 is 1.74 bits per heavy atom. The first-order valence-electron chi connectivity index (χ1n) is 5.66. The molecule has 2 nitrogen and oxygen atoms in total. The maximum absolute atomic E-state index is 13.1. The molecular formula is C14H9F3NO. The SMILES string of the molecule is Cc1ccc2c(c1C(F)(F)F)[N]c1ccccc1O2. The second-order valence-corrected chi connectivity index (χ2v) is 4.28. The van der Waals surface area contributed by atoms with Crippen molar-refractivity contribution < 1.29 is 17.9 Å². The molecule has 0 N–H and O–H groups in total. The van der Waals surface area contributed by atoms with Gasteiger partial charge in [-0.15, -0.1) is 0 Å². The Hall–Kier alpha value is -2.17. The molecule has 0 saturated heterocycles. The monoisotopic (exact) mass is 264 g/mol. The Kier molecular flexibility index (Phi) is 2.45. The van der Waals surface area contributed by atoms with Crippen LogP contribution in [-0.2, 0) is 6.18 Å². The van der Waals surface area contributed by atoms with Crippen molar-refractivity contribution in [3.8, 4) is 11.5 Å². The van der Waals surface area contributed by atoms with E-state index in [9.17, 15) is 13.2 Å². The van der Waals surface area contributed by atoms with E-state index in [4.69, 9.17) is 4.74 Å². The van der Waals surface area contributed by atoms with E-state index in [1.165, 1.54) is 19.1 Å². The Morgan fingerprint density at radius 1 is 1.00 bits per heavy atom. The van der Waals surface area contributed by atoms with Gasteiger partial charge in [-0.1, -0.05) is 18.2 Å². The molecule has 2 aromatic carbocycles. The molecule has 1 aliphatic rings. The van der Waals surface area contributed by atoms with Crippen LogP contribution in [0.1, 0.15) is 11.1 Å². The summed E-state index contributed by atoms with van der Waals surface area (Å²) in [6, 6.07) is 9.66. The predicted octanol–water partition coefficient (Wildman–Crippen LogP) is 4.69. The van der Waals surface area contributed by atoms with E-state index in [1.807, 2.05) is 0 Å². The minimum Gasteiger partial charge on any atom is -0.453 e. The number of aryl methyl sites for hydroxylation is 1. The molecule has 0 fully saturated rings. The lowest BCUT2D eigenvalue weighted by Crippen LogP contribution is -2.13. The normalized spacial score (nSPS) is 13.1. The van der Waals surface area contributed by atoms with Gasteiger partial charge in [-0.25, -0.2) is 5.32 Å². The van der Waals surface area contributed by atoms with Crippen molar-refractivity contribution in [2.75, 3.05) is 0 Å². The first-order chi connectivity index (χ1) is 8.97. The number of alkyl halides is 3. The molecule has 5 heteroatoms.